The van der Waals surface area contributed by atoms with Crippen molar-refractivity contribution >= 4 is 5.69 Å². The van der Waals surface area contributed by atoms with Gasteiger partial charge in [-0.2, -0.15) is 5.06 Å². The molecule has 2 aromatic rings. The lowest BCUT2D eigenvalue weighted by Crippen LogP contribution is -2.62. The van der Waals surface area contributed by atoms with E-state index in [2.05, 4.69) is 60.2 Å². The molecule has 5 nitrogen and oxygen atoms in total. The number of fused-ring (bicyclic) bond motifs is 2. The zero-order chi connectivity index (χ0) is 22.1. The van der Waals surface area contributed by atoms with Crippen LogP contribution in [-0.4, -0.2) is 38.1 Å². The van der Waals surface area contributed by atoms with Gasteiger partial charge in [-0.1, -0.05) is 26.0 Å². The van der Waals surface area contributed by atoms with Gasteiger partial charge >= 0.3 is 0 Å². The topological polar surface area (TPSA) is 34.2 Å². The number of hydroxylamine groups is 2. The molecular weight excluding hydrogens is 400 g/mol. The maximum atomic E-state index is 7.05. The van der Waals surface area contributed by atoms with Gasteiger partial charge in [0.2, 0.25) is 0 Å². The van der Waals surface area contributed by atoms with Crippen molar-refractivity contribution < 1.29 is 14.3 Å². The van der Waals surface area contributed by atoms with Crippen molar-refractivity contribution in [3.05, 3.63) is 54.1 Å². The standard InChI is InChI=1S/C27H34N2O3/c1-25(2)20-13-14-27(24(25)15-20)16-26(19-5-9-22(30-3)10-6-19)17-28(18-29(26)32-27)21-7-11-23(31-4)12-8-21/h5-12,20,24H,13-18H2,1-4H3/t20-,24?,26-,27+/m0/s1. The minimum absolute atomic E-state index is 0.0375. The van der Waals surface area contributed by atoms with Crippen molar-refractivity contribution in [2.45, 2.75) is 50.7 Å². The second-order valence-electron chi connectivity index (χ2n) is 10.9. The van der Waals surface area contributed by atoms with Gasteiger partial charge in [-0.15, -0.1) is 0 Å². The first-order valence-electron chi connectivity index (χ1n) is 11.9. The second-order valence-corrected chi connectivity index (χ2v) is 10.9. The van der Waals surface area contributed by atoms with E-state index in [1.807, 2.05) is 12.1 Å². The molecule has 3 saturated carbocycles. The van der Waals surface area contributed by atoms with Crippen molar-refractivity contribution in [1.82, 2.24) is 5.06 Å². The number of benzene rings is 2. The molecule has 1 unspecified atom stereocenters. The molecule has 2 bridgehead atoms. The van der Waals surface area contributed by atoms with E-state index in [0.717, 1.165) is 37.1 Å². The minimum atomic E-state index is -0.148. The molecule has 5 fully saturated rings. The summed E-state index contributed by atoms with van der Waals surface area (Å²) in [5, 5.41) is 2.31. The molecule has 5 aliphatic rings. The highest BCUT2D eigenvalue weighted by molar-refractivity contribution is 5.52. The van der Waals surface area contributed by atoms with Crippen LogP contribution in [0, 0.1) is 17.3 Å². The maximum Gasteiger partial charge on any atom is 0.119 e. The summed E-state index contributed by atoms with van der Waals surface area (Å²) in [5.74, 6) is 3.29. The van der Waals surface area contributed by atoms with Crippen LogP contribution in [0.1, 0.15) is 45.1 Å². The third-order valence-electron chi connectivity index (χ3n) is 9.20. The Kier molecular flexibility index (Phi) is 4.38. The largest absolute Gasteiger partial charge is 0.497 e. The van der Waals surface area contributed by atoms with E-state index >= 15 is 0 Å². The predicted octanol–water partition coefficient (Wildman–Crippen LogP) is 5.21. The SMILES string of the molecule is COc1ccc(N2CN3O[C@]4(CC[C@H]5CC4C5(C)C)C[C@@]3(c3ccc(OC)cc3)C2)cc1. The summed E-state index contributed by atoms with van der Waals surface area (Å²) in [6.07, 6.45) is 4.85. The van der Waals surface area contributed by atoms with Crippen LogP contribution in [0.4, 0.5) is 5.69 Å². The lowest BCUT2D eigenvalue weighted by atomic mass is 9.43. The highest BCUT2D eigenvalue weighted by Crippen LogP contribution is 2.68. The van der Waals surface area contributed by atoms with Gasteiger partial charge in [-0.05, 0) is 78.5 Å². The van der Waals surface area contributed by atoms with Crippen LogP contribution < -0.4 is 14.4 Å². The highest BCUT2D eigenvalue weighted by Gasteiger charge is 2.69. The molecule has 2 saturated heterocycles. The third kappa shape index (κ3) is 2.70. The van der Waals surface area contributed by atoms with Crippen molar-refractivity contribution in [2.75, 3.05) is 32.3 Å². The lowest BCUT2D eigenvalue weighted by molar-refractivity contribution is -0.285. The summed E-state index contributed by atoms with van der Waals surface area (Å²) in [6.45, 7) is 6.62. The van der Waals surface area contributed by atoms with Crippen LogP contribution in [0.5, 0.6) is 11.5 Å². The quantitative estimate of drug-likeness (QED) is 0.660. The Bertz CT molecular complexity index is 1000. The smallest absolute Gasteiger partial charge is 0.119 e. The van der Waals surface area contributed by atoms with Crippen molar-refractivity contribution in [2.24, 2.45) is 17.3 Å². The molecule has 4 atom stereocenters. The average Bonchev–Trinajstić information content (AvgIpc) is 3.31. The molecule has 1 spiro atoms. The van der Waals surface area contributed by atoms with Crippen molar-refractivity contribution in [3.8, 4) is 11.5 Å². The molecule has 32 heavy (non-hydrogen) atoms. The summed E-state index contributed by atoms with van der Waals surface area (Å²) in [5.41, 5.74) is 2.73. The van der Waals surface area contributed by atoms with E-state index in [1.165, 1.54) is 30.5 Å². The van der Waals surface area contributed by atoms with Crippen LogP contribution in [0.15, 0.2) is 48.5 Å². The Morgan fingerprint density at radius 2 is 1.59 bits per heavy atom. The molecule has 170 valence electrons. The summed E-state index contributed by atoms with van der Waals surface area (Å²) < 4.78 is 10.8. The first kappa shape index (κ1) is 20.4. The monoisotopic (exact) mass is 434 g/mol. The van der Waals surface area contributed by atoms with Crippen LogP contribution in [0.3, 0.4) is 0 Å². The van der Waals surface area contributed by atoms with E-state index in [0.29, 0.717) is 11.3 Å². The van der Waals surface area contributed by atoms with Crippen LogP contribution in [-0.2, 0) is 10.4 Å². The number of methoxy groups -OCH3 is 2. The fraction of sp³-hybridized carbons (Fsp3) is 0.556. The number of nitrogens with zero attached hydrogens (tertiary/aromatic N) is 2. The number of ether oxygens (including phenoxy) is 2. The van der Waals surface area contributed by atoms with Gasteiger partial charge in [-0.25, -0.2) is 0 Å². The van der Waals surface area contributed by atoms with Crippen molar-refractivity contribution in [3.63, 3.8) is 0 Å². The molecule has 0 radical (unpaired) electrons. The van der Waals surface area contributed by atoms with E-state index in [4.69, 9.17) is 14.3 Å². The molecule has 5 heteroatoms. The fourth-order valence-electron chi connectivity index (χ4n) is 7.26. The van der Waals surface area contributed by atoms with Gasteiger partial charge in [-0.3, -0.25) is 4.84 Å². The third-order valence-corrected chi connectivity index (χ3v) is 9.20. The first-order valence-corrected chi connectivity index (χ1v) is 11.9. The average molecular weight is 435 g/mol. The van der Waals surface area contributed by atoms with E-state index in [1.54, 1.807) is 14.2 Å². The van der Waals surface area contributed by atoms with Gasteiger partial charge in [0, 0.05) is 18.7 Å². The molecule has 0 N–H and O–H groups in total. The Labute approximate surface area is 191 Å². The molecule has 2 aliphatic heterocycles. The molecule has 0 amide bonds. The predicted molar refractivity (Wildman–Crippen MR) is 125 cm³/mol. The number of hydrogen-bond donors (Lipinski definition) is 0. The first-order chi connectivity index (χ1) is 15.4. The molecule has 7 rings (SSSR count). The maximum absolute atomic E-state index is 7.05. The van der Waals surface area contributed by atoms with Crippen LogP contribution in [0.25, 0.3) is 0 Å². The minimum Gasteiger partial charge on any atom is -0.497 e. The van der Waals surface area contributed by atoms with Crippen LogP contribution >= 0.6 is 0 Å². The summed E-state index contributed by atoms with van der Waals surface area (Å²) in [6, 6.07) is 17.0. The zero-order valence-corrected chi connectivity index (χ0v) is 19.6. The van der Waals surface area contributed by atoms with Gasteiger partial charge in [0.1, 0.15) is 11.5 Å². The molecule has 2 aromatic carbocycles. The van der Waals surface area contributed by atoms with Gasteiger partial charge in [0.05, 0.1) is 32.0 Å². The molecule has 0 aromatic heterocycles. The number of anilines is 1. The van der Waals surface area contributed by atoms with Gasteiger partial charge < -0.3 is 14.4 Å². The van der Waals surface area contributed by atoms with Gasteiger partial charge in [0.15, 0.2) is 0 Å². The van der Waals surface area contributed by atoms with Crippen LogP contribution in [0.2, 0.25) is 0 Å². The Morgan fingerprint density at radius 1 is 0.938 bits per heavy atom. The van der Waals surface area contributed by atoms with E-state index in [9.17, 15) is 0 Å². The van der Waals surface area contributed by atoms with Crippen molar-refractivity contribution in [1.29, 1.82) is 0 Å². The Hall–Kier alpha value is -2.24. The summed E-state index contributed by atoms with van der Waals surface area (Å²) in [7, 11) is 3.44. The number of rotatable bonds is 4. The zero-order valence-electron chi connectivity index (χ0n) is 19.6. The summed E-state index contributed by atoms with van der Waals surface area (Å²) >= 11 is 0. The molecule has 3 aliphatic carbocycles. The lowest BCUT2D eigenvalue weighted by Gasteiger charge is -2.63. The summed E-state index contributed by atoms with van der Waals surface area (Å²) in [4.78, 5) is 9.48. The van der Waals surface area contributed by atoms with E-state index < -0.39 is 0 Å². The Morgan fingerprint density at radius 3 is 2.19 bits per heavy atom. The fourth-order valence-corrected chi connectivity index (χ4v) is 7.26. The normalized spacial score (nSPS) is 34.9. The molecule has 2 heterocycles. The van der Waals surface area contributed by atoms with E-state index in [-0.39, 0.29) is 11.1 Å². The number of hydrogen-bond acceptors (Lipinski definition) is 5. The second kappa shape index (κ2) is 6.88. The molecular formula is C27H34N2O3. The Balaban J connectivity index is 1.37. The highest BCUT2D eigenvalue weighted by atomic mass is 16.7. The van der Waals surface area contributed by atoms with Gasteiger partial charge in [0.25, 0.3) is 0 Å².